The topological polar surface area (TPSA) is 75.3 Å². The molecule has 1 aliphatic carbocycles. The van der Waals surface area contributed by atoms with Crippen LogP contribution in [0.4, 0.5) is 0 Å². The summed E-state index contributed by atoms with van der Waals surface area (Å²) < 4.78 is 0. The Hall–Kier alpha value is -0.610. The van der Waals surface area contributed by atoms with Gasteiger partial charge in [-0.1, -0.05) is 0 Å². The molecule has 1 amide bonds. The molecule has 2 atom stereocenters. The summed E-state index contributed by atoms with van der Waals surface area (Å²) in [6.45, 7) is 3.91. The highest BCUT2D eigenvalue weighted by molar-refractivity contribution is 5.86. The zero-order valence-electron chi connectivity index (χ0n) is 9.62. The van der Waals surface area contributed by atoms with Crippen LogP contribution in [-0.2, 0) is 4.79 Å². The molecule has 0 spiro atoms. The first-order chi connectivity index (χ1) is 6.98. The number of aliphatic hydroxyl groups excluding tert-OH is 1. The van der Waals surface area contributed by atoms with Crippen molar-refractivity contribution in [2.75, 3.05) is 6.61 Å². The monoisotopic (exact) mass is 214 g/mol. The van der Waals surface area contributed by atoms with Gasteiger partial charge in [0.15, 0.2) is 0 Å². The molecular weight excluding hydrogens is 192 g/mol. The molecule has 4 nitrogen and oxygen atoms in total. The fourth-order valence-electron chi connectivity index (χ4n) is 1.72. The summed E-state index contributed by atoms with van der Waals surface area (Å²) in [5.74, 6) is 0.290. The Morgan fingerprint density at radius 3 is 2.73 bits per heavy atom. The van der Waals surface area contributed by atoms with Crippen LogP contribution in [0.1, 0.15) is 39.5 Å². The van der Waals surface area contributed by atoms with Crippen molar-refractivity contribution in [1.82, 2.24) is 5.32 Å². The molecule has 88 valence electrons. The first-order valence-corrected chi connectivity index (χ1v) is 5.69. The number of hydrogen-bond donors (Lipinski definition) is 3. The van der Waals surface area contributed by atoms with Crippen molar-refractivity contribution in [3.8, 4) is 0 Å². The van der Waals surface area contributed by atoms with Gasteiger partial charge < -0.3 is 16.2 Å². The number of nitrogens with two attached hydrogens (primary N) is 1. The van der Waals surface area contributed by atoms with E-state index in [1.165, 1.54) is 0 Å². The third-order valence-corrected chi connectivity index (χ3v) is 3.09. The van der Waals surface area contributed by atoms with Crippen LogP contribution in [0.5, 0.6) is 0 Å². The normalized spacial score (nSPS) is 21.9. The number of rotatable bonds is 6. The lowest BCUT2D eigenvalue weighted by Gasteiger charge is -2.25. The maximum atomic E-state index is 11.8. The average molecular weight is 214 g/mol. The lowest BCUT2D eigenvalue weighted by molar-refractivity contribution is -0.127. The van der Waals surface area contributed by atoms with Gasteiger partial charge in [0.05, 0.1) is 5.54 Å². The van der Waals surface area contributed by atoms with Crippen molar-refractivity contribution in [1.29, 1.82) is 0 Å². The molecule has 0 aromatic carbocycles. The predicted molar refractivity (Wildman–Crippen MR) is 59.2 cm³/mol. The van der Waals surface area contributed by atoms with Crippen LogP contribution in [0, 0.1) is 5.92 Å². The average Bonchev–Trinajstić information content (AvgIpc) is 2.97. The number of amides is 1. The van der Waals surface area contributed by atoms with Crippen LogP contribution in [0.25, 0.3) is 0 Å². The third kappa shape index (κ3) is 3.47. The minimum atomic E-state index is -0.715. The van der Waals surface area contributed by atoms with Gasteiger partial charge in [-0.2, -0.15) is 0 Å². The van der Waals surface area contributed by atoms with Gasteiger partial charge in [0.1, 0.15) is 0 Å². The van der Waals surface area contributed by atoms with Crippen molar-refractivity contribution in [3.63, 3.8) is 0 Å². The molecule has 0 bridgehead atoms. The lowest BCUT2D eigenvalue weighted by Crippen LogP contribution is -2.55. The summed E-state index contributed by atoms with van der Waals surface area (Å²) in [6.07, 6.45) is 3.63. The number of nitrogens with one attached hydrogen (secondary N) is 1. The fourth-order valence-corrected chi connectivity index (χ4v) is 1.72. The Balaban J connectivity index is 2.33. The quantitative estimate of drug-likeness (QED) is 0.599. The van der Waals surface area contributed by atoms with Crippen LogP contribution in [0.3, 0.4) is 0 Å². The zero-order valence-corrected chi connectivity index (χ0v) is 9.62. The fraction of sp³-hybridized carbons (Fsp3) is 0.909. The van der Waals surface area contributed by atoms with E-state index in [9.17, 15) is 4.79 Å². The molecule has 0 aromatic rings. The summed E-state index contributed by atoms with van der Waals surface area (Å²) in [5.41, 5.74) is 5.27. The molecule has 1 aliphatic rings. The van der Waals surface area contributed by atoms with Crippen LogP contribution in [0.15, 0.2) is 0 Å². The van der Waals surface area contributed by atoms with Crippen LogP contribution < -0.4 is 11.1 Å². The van der Waals surface area contributed by atoms with Crippen molar-refractivity contribution in [2.45, 2.75) is 51.1 Å². The predicted octanol–water partition coefficient (Wildman–Crippen LogP) is 0.391. The lowest BCUT2D eigenvalue weighted by atomic mass is 9.95. The van der Waals surface area contributed by atoms with Gasteiger partial charge >= 0.3 is 0 Å². The second kappa shape index (κ2) is 4.94. The van der Waals surface area contributed by atoms with Crippen molar-refractivity contribution >= 4 is 5.91 Å². The molecule has 15 heavy (non-hydrogen) atoms. The van der Waals surface area contributed by atoms with E-state index in [0.29, 0.717) is 12.3 Å². The molecule has 1 saturated carbocycles. The van der Waals surface area contributed by atoms with Gasteiger partial charge in [-0.05, 0) is 45.4 Å². The van der Waals surface area contributed by atoms with E-state index in [1.807, 2.05) is 6.92 Å². The van der Waals surface area contributed by atoms with E-state index >= 15 is 0 Å². The number of carbonyl (C=O) groups excluding carboxylic acids is 1. The summed E-state index contributed by atoms with van der Waals surface area (Å²) in [6, 6.07) is 0.0891. The smallest absolute Gasteiger partial charge is 0.240 e. The van der Waals surface area contributed by atoms with Crippen molar-refractivity contribution < 1.29 is 9.90 Å². The highest BCUT2D eigenvalue weighted by atomic mass is 16.3. The highest BCUT2D eigenvalue weighted by Gasteiger charge is 2.44. The molecule has 0 aliphatic heterocycles. The standard InChI is InChI=1S/C11H22N2O2/c1-8(4-3-7-14)13-10(15)11(2,12)9-5-6-9/h8-9,14H,3-7,12H2,1-2H3,(H,13,15). The zero-order chi connectivity index (χ0) is 11.5. The molecule has 2 unspecified atom stereocenters. The van der Waals surface area contributed by atoms with Gasteiger partial charge in [0.25, 0.3) is 0 Å². The highest BCUT2D eigenvalue weighted by Crippen LogP contribution is 2.38. The Bertz CT molecular complexity index is 225. The Morgan fingerprint density at radius 1 is 1.67 bits per heavy atom. The van der Waals surface area contributed by atoms with Crippen LogP contribution in [-0.4, -0.2) is 29.2 Å². The summed E-state index contributed by atoms with van der Waals surface area (Å²) in [5, 5.41) is 11.6. The maximum absolute atomic E-state index is 11.8. The molecule has 1 fully saturated rings. The Morgan fingerprint density at radius 2 is 2.27 bits per heavy atom. The number of hydrogen-bond acceptors (Lipinski definition) is 3. The van der Waals surface area contributed by atoms with Gasteiger partial charge in [-0.3, -0.25) is 4.79 Å². The SMILES string of the molecule is CC(CCCO)NC(=O)C(C)(N)C1CC1. The summed E-state index contributed by atoms with van der Waals surface area (Å²) in [7, 11) is 0. The van der Waals surface area contributed by atoms with Crippen LogP contribution >= 0.6 is 0 Å². The van der Waals surface area contributed by atoms with Crippen molar-refractivity contribution in [3.05, 3.63) is 0 Å². The Labute approximate surface area is 91.2 Å². The minimum absolute atomic E-state index is 0.0598. The summed E-state index contributed by atoms with van der Waals surface area (Å²) in [4.78, 5) is 11.8. The van der Waals surface area contributed by atoms with Gasteiger partial charge in [0, 0.05) is 12.6 Å². The van der Waals surface area contributed by atoms with Crippen LogP contribution in [0.2, 0.25) is 0 Å². The third-order valence-electron chi connectivity index (χ3n) is 3.09. The first-order valence-electron chi connectivity index (χ1n) is 5.69. The molecular formula is C11H22N2O2. The van der Waals surface area contributed by atoms with E-state index in [2.05, 4.69) is 5.32 Å². The molecule has 0 aromatic heterocycles. The second-order valence-electron chi connectivity index (χ2n) is 4.80. The molecule has 1 rings (SSSR count). The van der Waals surface area contributed by atoms with E-state index in [0.717, 1.165) is 19.3 Å². The largest absolute Gasteiger partial charge is 0.396 e. The van der Waals surface area contributed by atoms with Gasteiger partial charge in [-0.25, -0.2) is 0 Å². The van der Waals surface area contributed by atoms with E-state index in [4.69, 9.17) is 10.8 Å². The van der Waals surface area contributed by atoms with E-state index in [-0.39, 0.29) is 18.6 Å². The van der Waals surface area contributed by atoms with Gasteiger partial charge in [0.2, 0.25) is 5.91 Å². The molecule has 4 heteroatoms. The molecule has 4 N–H and O–H groups in total. The minimum Gasteiger partial charge on any atom is -0.396 e. The second-order valence-corrected chi connectivity index (χ2v) is 4.80. The molecule has 0 heterocycles. The molecule has 0 radical (unpaired) electrons. The summed E-state index contributed by atoms with van der Waals surface area (Å²) >= 11 is 0. The van der Waals surface area contributed by atoms with Gasteiger partial charge in [-0.15, -0.1) is 0 Å². The van der Waals surface area contributed by atoms with E-state index in [1.54, 1.807) is 6.92 Å². The maximum Gasteiger partial charge on any atom is 0.240 e. The first kappa shape index (κ1) is 12.5. The van der Waals surface area contributed by atoms with Crippen molar-refractivity contribution in [2.24, 2.45) is 11.7 Å². The van der Waals surface area contributed by atoms with E-state index < -0.39 is 5.54 Å². The number of aliphatic hydroxyl groups is 1. The molecule has 0 saturated heterocycles. The number of carbonyl (C=O) groups is 1. The Kier molecular flexibility index (Phi) is 4.11.